The van der Waals surface area contributed by atoms with Gasteiger partial charge >= 0.3 is 0 Å². The van der Waals surface area contributed by atoms with Crippen molar-refractivity contribution in [1.29, 1.82) is 0 Å². The average Bonchev–Trinajstić information content (AvgIpc) is 2.10. The standard InChI is InChI=1S/C7H11O2P/c1-4-7-5-9-10(3,8)6(7)2/h1,6-7H,5H2,2-3H3. The number of hydrogen-bond donors (Lipinski definition) is 0. The molecule has 2 nitrogen and oxygen atoms in total. The van der Waals surface area contributed by atoms with Gasteiger partial charge in [-0.15, -0.1) is 12.3 Å². The maximum absolute atomic E-state index is 11.4. The zero-order valence-corrected chi connectivity index (χ0v) is 7.10. The number of terminal acetylenes is 1. The molecule has 0 bridgehead atoms. The second-order valence-electron chi connectivity index (χ2n) is 2.72. The van der Waals surface area contributed by atoms with E-state index in [1.165, 1.54) is 0 Å². The summed E-state index contributed by atoms with van der Waals surface area (Å²) in [6.45, 7) is 4.00. The van der Waals surface area contributed by atoms with Crippen LogP contribution in [0.5, 0.6) is 0 Å². The molecule has 1 saturated heterocycles. The summed E-state index contributed by atoms with van der Waals surface area (Å²) >= 11 is 0. The molecular formula is C7H11O2P. The van der Waals surface area contributed by atoms with Gasteiger partial charge in [-0.1, -0.05) is 6.92 Å². The summed E-state index contributed by atoms with van der Waals surface area (Å²) in [7, 11) is -2.35. The third kappa shape index (κ3) is 1.12. The molecule has 0 N–H and O–H groups in total. The van der Waals surface area contributed by atoms with Gasteiger partial charge in [-0.25, -0.2) is 0 Å². The molecule has 0 aromatic heterocycles. The van der Waals surface area contributed by atoms with E-state index in [1.54, 1.807) is 6.66 Å². The van der Waals surface area contributed by atoms with Crippen LogP contribution in [0.3, 0.4) is 0 Å². The van der Waals surface area contributed by atoms with Crippen LogP contribution >= 0.6 is 7.37 Å². The largest absolute Gasteiger partial charge is 0.327 e. The highest BCUT2D eigenvalue weighted by atomic mass is 31.2. The highest BCUT2D eigenvalue weighted by molar-refractivity contribution is 7.59. The van der Waals surface area contributed by atoms with E-state index in [9.17, 15) is 4.57 Å². The lowest BCUT2D eigenvalue weighted by Crippen LogP contribution is -2.08. The van der Waals surface area contributed by atoms with Crippen LogP contribution < -0.4 is 0 Å². The van der Waals surface area contributed by atoms with Crippen molar-refractivity contribution >= 4 is 7.37 Å². The molecule has 3 heteroatoms. The Morgan fingerprint density at radius 3 is 2.60 bits per heavy atom. The Labute approximate surface area is 61.4 Å². The molecule has 0 saturated carbocycles. The second-order valence-corrected chi connectivity index (χ2v) is 5.61. The summed E-state index contributed by atoms with van der Waals surface area (Å²) in [4.78, 5) is 0. The fourth-order valence-electron chi connectivity index (χ4n) is 0.999. The average molecular weight is 158 g/mol. The Bertz CT molecular complexity index is 216. The van der Waals surface area contributed by atoms with Crippen LogP contribution in [0.1, 0.15) is 6.92 Å². The maximum Gasteiger partial charge on any atom is 0.204 e. The van der Waals surface area contributed by atoms with Gasteiger partial charge in [-0.3, -0.25) is 4.57 Å². The van der Waals surface area contributed by atoms with Gasteiger partial charge in [0.2, 0.25) is 7.37 Å². The highest BCUT2D eigenvalue weighted by Crippen LogP contribution is 2.55. The van der Waals surface area contributed by atoms with Gasteiger partial charge in [0.15, 0.2) is 0 Å². The lowest BCUT2D eigenvalue weighted by Gasteiger charge is -2.09. The monoisotopic (exact) mass is 158 g/mol. The molecule has 56 valence electrons. The van der Waals surface area contributed by atoms with Gasteiger partial charge in [-0.2, -0.15) is 0 Å². The minimum atomic E-state index is -2.35. The normalized spacial score (nSPS) is 46.9. The molecule has 0 amide bonds. The molecule has 3 unspecified atom stereocenters. The van der Waals surface area contributed by atoms with Crippen LogP contribution in [0.2, 0.25) is 0 Å². The summed E-state index contributed by atoms with van der Waals surface area (Å²) in [5, 5.41) is 0. The van der Waals surface area contributed by atoms with Crippen LogP contribution in [-0.2, 0) is 9.09 Å². The van der Waals surface area contributed by atoms with Gasteiger partial charge in [-0.05, 0) is 0 Å². The maximum atomic E-state index is 11.4. The number of rotatable bonds is 0. The first-order valence-corrected chi connectivity index (χ1v) is 5.40. The van der Waals surface area contributed by atoms with E-state index in [0.717, 1.165) is 0 Å². The van der Waals surface area contributed by atoms with Crippen molar-refractivity contribution in [3.05, 3.63) is 0 Å². The Kier molecular flexibility index (Phi) is 1.90. The van der Waals surface area contributed by atoms with Crippen molar-refractivity contribution in [3.63, 3.8) is 0 Å². The van der Waals surface area contributed by atoms with Gasteiger partial charge in [0.1, 0.15) is 0 Å². The minimum Gasteiger partial charge on any atom is -0.327 e. The molecule has 0 aromatic rings. The van der Waals surface area contributed by atoms with Crippen LogP contribution in [0.15, 0.2) is 0 Å². The summed E-state index contributed by atoms with van der Waals surface area (Å²) in [5.41, 5.74) is 0.0394. The van der Waals surface area contributed by atoms with Crippen molar-refractivity contribution < 1.29 is 9.09 Å². The first-order valence-electron chi connectivity index (χ1n) is 3.26. The third-order valence-electron chi connectivity index (χ3n) is 2.05. The summed E-state index contributed by atoms with van der Waals surface area (Å²) in [5.74, 6) is 2.62. The van der Waals surface area contributed by atoms with Gasteiger partial charge in [0, 0.05) is 12.3 Å². The first kappa shape index (κ1) is 7.85. The number of hydrogen-bond acceptors (Lipinski definition) is 2. The molecule has 1 aliphatic rings. The minimum absolute atomic E-state index is 0.0394. The van der Waals surface area contributed by atoms with Crippen molar-refractivity contribution in [2.45, 2.75) is 12.6 Å². The van der Waals surface area contributed by atoms with E-state index in [1.807, 2.05) is 6.92 Å². The summed E-state index contributed by atoms with van der Waals surface area (Å²) < 4.78 is 16.5. The highest BCUT2D eigenvalue weighted by Gasteiger charge is 2.38. The zero-order chi connectivity index (χ0) is 7.78. The molecule has 1 fully saturated rings. The predicted molar refractivity (Wildman–Crippen MR) is 41.3 cm³/mol. The molecule has 0 radical (unpaired) electrons. The first-order chi connectivity index (χ1) is 4.58. The van der Waals surface area contributed by atoms with Crippen molar-refractivity contribution in [1.82, 2.24) is 0 Å². The summed E-state index contributed by atoms with van der Waals surface area (Å²) in [6, 6.07) is 0. The topological polar surface area (TPSA) is 26.3 Å². The molecular weight excluding hydrogens is 147 g/mol. The molecule has 1 rings (SSSR count). The fraction of sp³-hybridized carbons (Fsp3) is 0.714. The lowest BCUT2D eigenvalue weighted by atomic mass is 10.1. The molecule has 1 heterocycles. The predicted octanol–water partition coefficient (Wildman–Crippen LogP) is 1.56. The van der Waals surface area contributed by atoms with Gasteiger partial charge in [0.05, 0.1) is 12.5 Å². The molecule has 0 aromatic carbocycles. The molecule has 10 heavy (non-hydrogen) atoms. The van der Waals surface area contributed by atoms with E-state index in [2.05, 4.69) is 5.92 Å². The van der Waals surface area contributed by atoms with Crippen molar-refractivity contribution in [2.75, 3.05) is 13.3 Å². The fourth-order valence-corrected chi connectivity index (χ4v) is 2.52. The SMILES string of the molecule is C#CC1COP(C)(=O)C1C. The third-order valence-corrected chi connectivity index (χ3v) is 4.55. The van der Waals surface area contributed by atoms with E-state index in [4.69, 9.17) is 10.9 Å². The van der Waals surface area contributed by atoms with Crippen LogP contribution in [-0.4, -0.2) is 18.9 Å². The van der Waals surface area contributed by atoms with E-state index in [-0.39, 0.29) is 11.6 Å². The Balaban J connectivity index is 2.79. The Morgan fingerprint density at radius 1 is 1.80 bits per heavy atom. The zero-order valence-electron chi connectivity index (χ0n) is 6.20. The second kappa shape index (κ2) is 2.42. The van der Waals surface area contributed by atoms with E-state index >= 15 is 0 Å². The Morgan fingerprint density at radius 2 is 2.40 bits per heavy atom. The van der Waals surface area contributed by atoms with Crippen molar-refractivity contribution in [2.24, 2.45) is 5.92 Å². The quantitative estimate of drug-likeness (QED) is 0.395. The lowest BCUT2D eigenvalue weighted by molar-refractivity contribution is 0.333. The molecule has 0 spiro atoms. The van der Waals surface area contributed by atoms with Crippen LogP contribution in [0, 0.1) is 18.3 Å². The molecule has 1 aliphatic heterocycles. The van der Waals surface area contributed by atoms with Gasteiger partial charge in [0.25, 0.3) is 0 Å². The van der Waals surface area contributed by atoms with E-state index < -0.39 is 7.37 Å². The van der Waals surface area contributed by atoms with Crippen LogP contribution in [0.4, 0.5) is 0 Å². The summed E-state index contributed by atoms with van der Waals surface area (Å²) in [6.07, 6.45) is 5.19. The Hall–Kier alpha value is -0.250. The van der Waals surface area contributed by atoms with Crippen molar-refractivity contribution in [3.8, 4) is 12.3 Å². The van der Waals surface area contributed by atoms with Gasteiger partial charge < -0.3 is 4.52 Å². The molecule has 0 aliphatic carbocycles. The smallest absolute Gasteiger partial charge is 0.204 e. The van der Waals surface area contributed by atoms with E-state index in [0.29, 0.717) is 6.61 Å². The van der Waals surface area contributed by atoms with Crippen LogP contribution in [0.25, 0.3) is 0 Å². The molecule has 3 atom stereocenters.